The number of hydrogen-bond donors (Lipinski definition) is 2. The zero-order chi connectivity index (χ0) is 12.1. The summed E-state index contributed by atoms with van der Waals surface area (Å²) in [5, 5.41) is 25.6. The van der Waals surface area contributed by atoms with Gasteiger partial charge < -0.3 is 14.7 Å². The van der Waals surface area contributed by atoms with E-state index in [-0.39, 0.29) is 6.61 Å². The summed E-state index contributed by atoms with van der Waals surface area (Å²) in [7, 11) is 0. The van der Waals surface area contributed by atoms with E-state index in [1.165, 1.54) is 11.8 Å². The molecule has 0 amide bonds. The molecule has 0 fully saturated rings. The van der Waals surface area contributed by atoms with Crippen LogP contribution in [0.5, 0.6) is 0 Å². The smallest absolute Gasteiger partial charge is 0.236 e. The molecule has 17 heavy (non-hydrogen) atoms. The Morgan fingerprint density at radius 1 is 1.53 bits per heavy atom. The van der Waals surface area contributed by atoms with Crippen molar-refractivity contribution in [3.63, 3.8) is 0 Å². The molecule has 0 radical (unpaired) electrons. The number of aromatic nitrogens is 2. The van der Waals surface area contributed by atoms with Crippen LogP contribution in [0.4, 0.5) is 0 Å². The van der Waals surface area contributed by atoms with E-state index < -0.39 is 6.10 Å². The average molecular weight is 272 g/mol. The number of rotatable bonds is 6. The van der Waals surface area contributed by atoms with Crippen LogP contribution in [0, 0.1) is 0 Å². The highest BCUT2D eigenvalue weighted by molar-refractivity contribution is 7.98. The molecule has 0 saturated carbocycles. The van der Waals surface area contributed by atoms with Gasteiger partial charge >= 0.3 is 0 Å². The molecule has 2 aromatic rings. The maximum absolute atomic E-state index is 9.16. The van der Waals surface area contributed by atoms with Crippen molar-refractivity contribution >= 4 is 23.1 Å². The third-order valence-electron chi connectivity index (χ3n) is 1.99. The minimum absolute atomic E-state index is 0.225. The molecule has 2 rings (SSSR count). The Kier molecular flexibility index (Phi) is 4.55. The number of hydrogen-bond acceptors (Lipinski definition) is 7. The second-order valence-corrected chi connectivity index (χ2v) is 5.19. The molecule has 0 aliphatic rings. The van der Waals surface area contributed by atoms with Crippen LogP contribution in [0.1, 0.15) is 5.89 Å². The fourth-order valence-corrected chi connectivity index (χ4v) is 2.58. The lowest BCUT2D eigenvalue weighted by Crippen LogP contribution is -2.14. The van der Waals surface area contributed by atoms with Crippen LogP contribution in [0.3, 0.4) is 0 Å². The van der Waals surface area contributed by atoms with Gasteiger partial charge in [-0.3, -0.25) is 0 Å². The van der Waals surface area contributed by atoms with Gasteiger partial charge in [0.1, 0.15) is 0 Å². The Bertz CT molecular complexity index is 444. The van der Waals surface area contributed by atoms with Gasteiger partial charge in [0, 0.05) is 16.7 Å². The first kappa shape index (κ1) is 12.6. The molecular weight excluding hydrogens is 260 g/mol. The summed E-state index contributed by atoms with van der Waals surface area (Å²) in [4.78, 5) is 4.24. The monoisotopic (exact) mass is 272 g/mol. The van der Waals surface area contributed by atoms with Crippen molar-refractivity contribution < 1.29 is 14.7 Å². The molecule has 2 heterocycles. The number of thiophene rings is 1. The van der Waals surface area contributed by atoms with E-state index in [0.717, 1.165) is 5.56 Å². The van der Waals surface area contributed by atoms with Gasteiger partial charge in [0.25, 0.3) is 0 Å². The third-order valence-corrected chi connectivity index (χ3v) is 3.75. The topological polar surface area (TPSA) is 79.4 Å². The standard InChI is InChI=1S/C10H12N2O3S2/c13-3-8(14)5-17-6-9-11-10(12-15-9)7-1-2-16-4-7/h1-2,4,8,13-14H,3,5-6H2/t8-/m0/s1. The molecular formula is C10H12N2O3S2. The van der Waals surface area contributed by atoms with Crippen LogP contribution in [0.15, 0.2) is 21.3 Å². The van der Waals surface area contributed by atoms with Crippen LogP contribution in [-0.4, -0.2) is 38.8 Å². The van der Waals surface area contributed by atoms with E-state index in [4.69, 9.17) is 14.7 Å². The van der Waals surface area contributed by atoms with Crippen molar-refractivity contribution in [2.75, 3.05) is 12.4 Å². The van der Waals surface area contributed by atoms with E-state index in [1.807, 2.05) is 16.8 Å². The molecule has 2 aromatic heterocycles. The summed E-state index contributed by atoms with van der Waals surface area (Å²) in [6.45, 7) is -0.225. The lowest BCUT2D eigenvalue weighted by Gasteiger charge is -2.03. The Balaban J connectivity index is 1.87. The Labute approximate surface area is 106 Å². The first-order valence-corrected chi connectivity index (χ1v) is 7.11. The van der Waals surface area contributed by atoms with Crippen LogP contribution in [0.2, 0.25) is 0 Å². The quantitative estimate of drug-likeness (QED) is 0.827. The lowest BCUT2D eigenvalue weighted by atomic mass is 10.3. The zero-order valence-corrected chi connectivity index (χ0v) is 10.6. The fourth-order valence-electron chi connectivity index (χ4n) is 1.16. The van der Waals surface area contributed by atoms with Crippen molar-refractivity contribution in [1.82, 2.24) is 10.1 Å². The molecule has 0 aromatic carbocycles. The van der Waals surface area contributed by atoms with Gasteiger partial charge in [-0.05, 0) is 11.4 Å². The Morgan fingerprint density at radius 3 is 3.12 bits per heavy atom. The van der Waals surface area contributed by atoms with Gasteiger partial charge in [0.15, 0.2) is 0 Å². The van der Waals surface area contributed by atoms with Crippen molar-refractivity contribution in [3.05, 3.63) is 22.7 Å². The normalized spacial score (nSPS) is 12.8. The predicted octanol–water partition coefficient (Wildman–Crippen LogP) is 1.38. The van der Waals surface area contributed by atoms with Crippen molar-refractivity contribution in [3.8, 4) is 11.4 Å². The number of aliphatic hydroxyl groups excluding tert-OH is 2. The van der Waals surface area contributed by atoms with Gasteiger partial charge in [-0.15, -0.1) is 11.8 Å². The summed E-state index contributed by atoms with van der Waals surface area (Å²) in [5.74, 6) is 2.10. The number of nitrogens with zero attached hydrogens (tertiary/aromatic N) is 2. The van der Waals surface area contributed by atoms with Crippen LogP contribution in [-0.2, 0) is 5.75 Å². The SMILES string of the molecule is OC[C@H](O)CSCc1nc(-c2ccsc2)no1. The molecule has 0 spiro atoms. The van der Waals surface area contributed by atoms with E-state index in [9.17, 15) is 0 Å². The molecule has 5 nitrogen and oxygen atoms in total. The van der Waals surface area contributed by atoms with Crippen molar-refractivity contribution in [2.45, 2.75) is 11.9 Å². The van der Waals surface area contributed by atoms with Crippen molar-refractivity contribution in [1.29, 1.82) is 0 Å². The van der Waals surface area contributed by atoms with Crippen LogP contribution >= 0.6 is 23.1 Å². The maximum atomic E-state index is 9.16. The van der Waals surface area contributed by atoms with Crippen molar-refractivity contribution in [2.24, 2.45) is 0 Å². The lowest BCUT2D eigenvalue weighted by molar-refractivity contribution is 0.113. The van der Waals surface area contributed by atoms with E-state index in [1.54, 1.807) is 11.3 Å². The second-order valence-electron chi connectivity index (χ2n) is 3.38. The Hall–Kier alpha value is -0.890. The molecule has 2 N–H and O–H groups in total. The van der Waals surface area contributed by atoms with Crippen LogP contribution in [0.25, 0.3) is 11.4 Å². The first-order chi connectivity index (χ1) is 8.29. The summed E-state index contributed by atoms with van der Waals surface area (Å²) in [6, 6.07) is 1.93. The molecule has 0 bridgehead atoms. The first-order valence-electron chi connectivity index (χ1n) is 5.01. The van der Waals surface area contributed by atoms with E-state index in [2.05, 4.69) is 10.1 Å². The van der Waals surface area contributed by atoms with E-state index >= 15 is 0 Å². The minimum Gasteiger partial charge on any atom is -0.394 e. The molecule has 92 valence electrons. The van der Waals surface area contributed by atoms with E-state index in [0.29, 0.717) is 23.2 Å². The number of thioether (sulfide) groups is 1. The molecule has 0 unspecified atom stereocenters. The highest BCUT2D eigenvalue weighted by Crippen LogP contribution is 2.20. The largest absolute Gasteiger partial charge is 0.394 e. The van der Waals surface area contributed by atoms with Gasteiger partial charge in [0.05, 0.1) is 18.5 Å². The number of aliphatic hydroxyl groups is 2. The summed E-state index contributed by atoms with van der Waals surface area (Å²) in [6.07, 6.45) is -0.695. The van der Waals surface area contributed by atoms with Gasteiger partial charge in [-0.1, -0.05) is 5.16 Å². The predicted molar refractivity (Wildman–Crippen MR) is 66.9 cm³/mol. The molecule has 0 saturated heterocycles. The average Bonchev–Trinajstić information content (AvgIpc) is 2.98. The van der Waals surface area contributed by atoms with Gasteiger partial charge in [-0.25, -0.2) is 0 Å². The molecule has 7 heteroatoms. The Morgan fingerprint density at radius 2 is 2.41 bits per heavy atom. The van der Waals surface area contributed by atoms with Gasteiger partial charge in [-0.2, -0.15) is 16.3 Å². The molecule has 0 aliphatic carbocycles. The minimum atomic E-state index is -0.695. The fraction of sp³-hybridized carbons (Fsp3) is 0.400. The maximum Gasteiger partial charge on any atom is 0.236 e. The highest BCUT2D eigenvalue weighted by Gasteiger charge is 2.09. The zero-order valence-electron chi connectivity index (χ0n) is 8.94. The molecule has 0 aliphatic heterocycles. The second kappa shape index (κ2) is 6.15. The molecule has 1 atom stereocenters. The third kappa shape index (κ3) is 3.53. The summed E-state index contributed by atoms with van der Waals surface area (Å²) >= 11 is 3.03. The van der Waals surface area contributed by atoms with Crippen LogP contribution < -0.4 is 0 Å². The summed E-state index contributed by atoms with van der Waals surface area (Å²) < 4.78 is 5.08. The highest BCUT2D eigenvalue weighted by atomic mass is 32.2. The summed E-state index contributed by atoms with van der Waals surface area (Å²) in [5.41, 5.74) is 0.949. The van der Waals surface area contributed by atoms with Gasteiger partial charge in [0.2, 0.25) is 11.7 Å².